The molecule has 2 rings (SSSR count). The van der Waals surface area contributed by atoms with Crippen molar-refractivity contribution in [3.8, 4) is 0 Å². The molecular formula is C14H23Cl2N3O. The molecule has 20 heavy (non-hydrogen) atoms. The van der Waals surface area contributed by atoms with Crippen LogP contribution in [-0.4, -0.2) is 23.5 Å². The SMILES string of the molecule is Cc1ccc(C(=O)NC2CCCCC2CN)cn1.Cl.Cl. The van der Waals surface area contributed by atoms with E-state index < -0.39 is 0 Å². The number of halogens is 2. The van der Waals surface area contributed by atoms with Crippen molar-refractivity contribution < 1.29 is 4.79 Å². The molecule has 4 nitrogen and oxygen atoms in total. The molecule has 0 aromatic carbocycles. The third kappa shape index (κ3) is 4.93. The van der Waals surface area contributed by atoms with Crippen molar-refractivity contribution in [1.82, 2.24) is 10.3 Å². The Labute approximate surface area is 132 Å². The van der Waals surface area contributed by atoms with Crippen LogP contribution in [0.1, 0.15) is 41.7 Å². The van der Waals surface area contributed by atoms with Crippen LogP contribution >= 0.6 is 24.8 Å². The monoisotopic (exact) mass is 319 g/mol. The normalized spacial score (nSPS) is 21.3. The van der Waals surface area contributed by atoms with Gasteiger partial charge in [-0.3, -0.25) is 9.78 Å². The van der Waals surface area contributed by atoms with Gasteiger partial charge in [0.2, 0.25) is 0 Å². The summed E-state index contributed by atoms with van der Waals surface area (Å²) in [5.74, 6) is 0.383. The summed E-state index contributed by atoms with van der Waals surface area (Å²) in [6, 6.07) is 3.89. The molecular weight excluding hydrogens is 297 g/mol. The van der Waals surface area contributed by atoms with Gasteiger partial charge in [0.25, 0.3) is 5.91 Å². The Morgan fingerprint density at radius 3 is 2.65 bits per heavy atom. The highest BCUT2D eigenvalue weighted by Gasteiger charge is 2.25. The van der Waals surface area contributed by atoms with E-state index in [1.165, 1.54) is 12.8 Å². The fourth-order valence-electron chi connectivity index (χ4n) is 2.53. The van der Waals surface area contributed by atoms with E-state index in [2.05, 4.69) is 10.3 Å². The zero-order valence-electron chi connectivity index (χ0n) is 11.7. The van der Waals surface area contributed by atoms with Crippen molar-refractivity contribution in [2.75, 3.05) is 6.54 Å². The summed E-state index contributed by atoms with van der Waals surface area (Å²) < 4.78 is 0. The van der Waals surface area contributed by atoms with Crippen LogP contribution in [0.3, 0.4) is 0 Å². The zero-order valence-corrected chi connectivity index (χ0v) is 13.3. The van der Waals surface area contributed by atoms with E-state index in [1.54, 1.807) is 6.20 Å². The number of nitrogens with zero attached hydrogens (tertiary/aromatic N) is 1. The van der Waals surface area contributed by atoms with Crippen molar-refractivity contribution in [2.24, 2.45) is 11.7 Å². The summed E-state index contributed by atoms with van der Waals surface area (Å²) in [5, 5.41) is 3.10. The van der Waals surface area contributed by atoms with Gasteiger partial charge in [-0.05, 0) is 44.4 Å². The Bertz CT molecular complexity index is 411. The van der Waals surface area contributed by atoms with Gasteiger partial charge in [0, 0.05) is 17.9 Å². The average Bonchev–Trinajstić information content (AvgIpc) is 2.40. The minimum atomic E-state index is -0.0344. The van der Waals surface area contributed by atoms with Crippen molar-refractivity contribution in [1.29, 1.82) is 0 Å². The Hall–Kier alpha value is -0.840. The van der Waals surface area contributed by atoms with Crippen LogP contribution in [0.25, 0.3) is 0 Å². The third-order valence-electron chi connectivity index (χ3n) is 3.70. The molecule has 1 heterocycles. The van der Waals surface area contributed by atoms with Gasteiger partial charge in [-0.1, -0.05) is 12.8 Å². The number of hydrogen-bond acceptors (Lipinski definition) is 3. The number of pyridine rings is 1. The first-order valence-corrected chi connectivity index (χ1v) is 6.64. The largest absolute Gasteiger partial charge is 0.349 e. The van der Waals surface area contributed by atoms with E-state index >= 15 is 0 Å². The Kier molecular flexibility index (Phi) is 8.78. The molecule has 0 spiro atoms. The molecule has 3 N–H and O–H groups in total. The number of aryl methyl sites for hydroxylation is 1. The minimum absolute atomic E-state index is 0. The number of amides is 1. The highest BCUT2D eigenvalue weighted by atomic mass is 35.5. The second-order valence-corrected chi connectivity index (χ2v) is 5.05. The molecule has 2 atom stereocenters. The first-order chi connectivity index (χ1) is 8.70. The fourth-order valence-corrected chi connectivity index (χ4v) is 2.53. The van der Waals surface area contributed by atoms with Crippen molar-refractivity contribution >= 4 is 30.7 Å². The number of carbonyl (C=O) groups excluding carboxylic acids is 1. The van der Waals surface area contributed by atoms with E-state index in [1.807, 2.05) is 19.1 Å². The molecule has 1 aromatic heterocycles. The molecule has 0 saturated heterocycles. The van der Waals surface area contributed by atoms with Crippen LogP contribution in [0.2, 0.25) is 0 Å². The Morgan fingerprint density at radius 1 is 1.35 bits per heavy atom. The van der Waals surface area contributed by atoms with Crippen molar-refractivity contribution in [2.45, 2.75) is 38.6 Å². The molecule has 1 saturated carbocycles. The summed E-state index contributed by atoms with van der Waals surface area (Å²) in [6.07, 6.45) is 6.18. The molecule has 6 heteroatoms. The van der Waals surface area contributed by atoms with E-state index in [0.29, 0.717) is 18.0 Å². The van der Waals surface area contributed by atoms with E-state index in [0.717, 1.165) is 18.5 Å². The highest BCUT2D eigenvalue weighted by molar-refractivity contribution is 5.94. The van der Waals surface area contributed by atoms with Crippen LogP contribution in [0.5, 0.6) is 0 Å². The number of nitrogens with one attached hydrogen (secondary N) is 1. The van der Waals surface area contributed by atoms with Gasteiger partial charge in [0.15, 0.2) is 0 Å². The van der Waals surface area contributed by atoms with Gasteiger partial charge in [0.1, 0.15) is 0 Å². The summed E-state index contributed by atoms with van der Waals surface area (Å²) in [5.41, 5.74) is 7.31. The smallest absolute Gasteiger partial charge is 0.253 e. The molecule has 2 unspecified atom stereocenters. The fraction of sp³-hybridized carbons (Fsp3) is 0.571. The third-order valence-corrected chi connectivity index (χ3v) is 3.70. The summed E-state index contributed by atoms with van der Waals surface area (Å²) in [7, 11) is 0. The summed E-state index contributed by atoms with van der Waals surface area (Å²) >= 11 is 0. The van der Waals surface area contributed by atoms with Gasteiger partial charge in [0.05, 0.1) is 5.56 Å². The first-order valence-electron chi connectivity index (χ1n) is 6.64. The standard InChI is InChI=1S/C14H21N3O.2ClH/c1-10-6-7-12(9-16-10)14(18)17-13-5-3-2-4-11(13)8-15;;/h6-7,9,11,13H,2-5,8,15H2,1H3,(H,17,18);2*1H. The number of aromatic nitrogens is 1. The quantitative estimate of drug-likeness (QED) is 0.899. The molecule has 0 bridgehead atoms. The van der Waals surface area contributed by atoms with E-state index in [4.69, 9.17) is 5.73 Å². The zero-order chi connectivity index (χ0) is 13.0. The summed E-state index contributed by atoms with van der Waals surface area (Å²) in [4.78, 5) is 16.2. The number of rotatable bonds is 3. The molecule has 1 aliphatic rings. The molecule has 1 amide bonds. The number of nitrogens with two attached hydrogens (primary N) is 1. The second kappa shape index (κ2) is 9.16. The van der Waals surface area contributed by atoms with Gasteiger partial charge in [-0.15, -0.1) is 24.8 Å². The average molecular weight is 320 g/mol. The Morgan fingerprint density at radius 2 is 2.05 bits per heavy atom. The topological polar surface area (TPSA) is 68.0 Å². The van der Waals surface area contributed by atoms with Crippen LogP contribution < -0.4 is 11.1 Å². The minimum Gasteiger partial charge on any atom is -0.349 e. The number of carbonyl (C=O) groups is 1. The lowest BCUT2D eigenvalue weighted by Gasteiger charge is -2.31. The lowest BCUT2D eigenvalue weighted by Crippen LogP contribution is -2.44. The molecule has 1 aliphatic carbocycles. The maximum absolute atomic E-state index is 12.1. The predicted molar refractivity (Wildman–Crippen MR) is 85.7 cm³/mol. The maximum Gasteiger partial charge on any atom is 0.253 e. The predicted octanol–water partition coefficient (Wildman–Crippen LogP) is 2.48. The summed E-state index contributed by atoms with van der Waals surface area (Å²) in [6.45, 7) is 2.56. The van der Waals surface area contributed by atoms with Crippen LogP contribution in [-0.2, 0) is 0 Å². The molecule has 1 aromatic rings. The number of hydrogen-bond donors (Lipinski definition) is 2. The molecule has 114 valence electrons. The highest BCUT2D eigenvalue weighted by Crippen LogP contribution is 2.23. The van der Waals surface area contributed by atoms with Crippen LogP contribution in [0, 0.1) is 12.8 Å². The van der Waals surface area contributed by atoms with E-state index in [-0.39, 0.29) is 36.8 Å². The first kappa shape index (κ1) is 19.2. The van der Waals surface area contributed by atoms with Gasteiger partial charge >= 0.3 is 0 Å². The van der Waals surface area contributed by atoms with Crippen LogP contribution in [0.15, 0.2) is 18.3 Å². The van der Waals surface area contributed by atoms with E-state index in [9.17, 15) is 4.79 Å². The van der Waals surface area contributed by atoms with Gasteiger partial charge in [-0.25, -0.2) is 0 Å². The lowest BCUT2D eigenvalue weighted by atomic mass is 9.84. The van der Waals surface area contributed by atoms with Gasteiger partial charge < -0.3 is 11.1 Å². The van der Waals surface area contributed by atoms with Crippen molar-refractivity contribution in [3.05, 3.63) is 29.6 Å². The second-order valence-electron chi connectivity index (χ2n) is 5.05. The molecule has 1 fully saturated rings. The lowest BCUT2D eigenvalue weighted by molar-refractivity contribution is 0.0907. The van der Waals surface area contributed by atoms with Crippen molar-refractivity contribution in [3.63, 3.8) is 0 Å². The Balaban J connectivity index is 0.00000180. The maximum atomic E-state index is 12.1. The van der Waals surface area contributed by atoms with Gasteiger partial charge in [-0.2, -0.15) is 0 Å². The molecule has 0 aliphatic heterocycles. The van der Waals surface area contributed by atoms with Crippen LogP contribution in [0.4, 0.5) is 0 Å². The molecule has 0 radical (unpaired) electrons.